The molecule has 1 aromatic carbocycles. The highest BCUT2D eigenvalue weighted by Gasteiger charge is 2.32. The summed E-state index contributed by atoms with van der Waals surface area (Å²) in [5.74, 6) is 0.711. The average molecular weight is 345 g/mol. The standard InChI is InChI=1S/C15H21BrO4/c1-11-2-3-13(16)14(8-11)20-10-12(17)9-15(18)4-6-19-7-5-15/h2-3,8,12,17-18H,4-7,9-10H2,1H3. The number of benzene rings is 1. The van der Waals surface area contributed by atoms with Gasteiger partial charge < -0.3 is 19.7 Å². The van der Waals surface area contributed by atoms with Crippen molar-refractivity contribution in [3.63, 3.8) is 0 Å². The van der Waals surface area contributed by atoms with Gasteiger partial charge in [0.2, 0.25) is 0 Å². The van der Waals surface area contributed by atoms with Crippen molar-refractivity contribution in [3.8, 4) is 5.75 Å². The minimum absolute atomic E-state index is 0.172. The molecule has 2 rings (SSSR count). The highest BCUT2D eigenvalue weighted by molar-refractivity contribution is 9.10. The number of hydrogen-bond donors (Lipinski definition) is 2. The van der Waals surface area contributed by atoms with Crippen molar-refractivity contribution in [1.82, 2.24) is 0 Å². The Bertz CT molecular complexity index is 443. The molecule has 1 aliphatic heterocycles. The normalized spacial score (nSPS) is 19.6. The summed E-state index contributed by atoms with van der Waals surface area (Å²) in [7, 11) is 0. The van der Waals surface area contributed by atoms with Crippen LogP contribution in [0.4, 0.5) is 0 Å². The minimum Gasteiger partial charge on any atom is -0.490 e. The van der Waals surface area contributed by atoms with Gasteiger partial charge in [0.25, 0.3) is 0 Å². The van der Waals surface area contributed by atoms with Gasteiger partial charge in [-0.2, -0.15) is 0 Å². The van der Waals surface area contributed by atoms with Gasteiger partial charge in [-0.15, -0.1) is 0 Å². The van der Waals surface area contributed by atoms with E-state index < -0.39 is 11.7 Å². The molecule has 1 heterocycles. The number of aryl methyl sites for hydroxylation is 1. The lowest BCUT2D eigenvalue weighted by molar-refractivity contribution is -0.0906. The first-order valence-electron chi connectivity index (χ1n) is 6.86. The molecule has 20 heavy (non-hydrogen) atoms. The van der Waals surface area contributed by atoms with Crippen LogP contribution in [0, 0.1) is 6.92 Å². The van der Waals surface area contributed by atoms with E-state index >= 15 is 0 Å². The largest absolute Gasteiger partial charge is 0.490 e. The first-order chi connectivity index (χ1) is 9.48. The lowest BCUT2D eigenvalue weighted by atomic mass is 9.88. The van der Waals surface area contributed by atoms with Crippen LogP contribution in [-0.4, -0.2) is 41.7 Å². The summed E-state index contributed by atoms with van der Waals surface area (Å²) in [6, 6.07) is 5.82. The van der Waals surface area contributed by atoms with Gasteiger partial charge in [0.1, 0.15) is 12.4 Å². The minimum atomic E-state index is -0.829. The summed E-state index contributed by atoms with van der Waals surface area (Å²) < 4.78 is 11.7. The molecule has 1 aliphatic rings. The second-order valence-corrected chi connectivity index (χ2v) is 6.29. The molecule has 0 aromatic heterocycles. The molecule has 1 unspecified atom stereocenters. The van der Waals surface area contributed by atoms with Gasteiger partial charge in [-0.3, -0.25) is 0 Å². The van der Waals surface area contributed by atoms with Crippen molar-refractivity contribution < 1.29 is 19.7 Å². The quantitative estimate of drug-likeness (QED) is 0.861. The second kappa shape index (κ2) is 6.89. The third-order valence-electron chi connectivity index (χ3n) is 3.56. The average Bonchev–Trinajstić information content (AvgIpc) is 2.40. The summed E-state index contributed by atoms with van der Waals surface area (Å²) in [5.41, 5.74) is 0.269. The molecule has 1 aromatic rings. The van der Waals surface area contributed by atoms with Crippen LogP contribution in [0.15, 0.2) is 22.7 Å². The number of aliphatic hydroxyl groups excluding tert-OH is 1. The zero-order chi connectivity index (χ0) is 14.6. The Morgan fingerprint density at radius 2 is 2.10 bits per heavy atom. The van der Waals surface area contributed by atoms with Gasteiger partial charge >= 0.3 is 0 Å². The molecule has 1 atom stereocenters. The Kier molecular flexibility index (Phi) is 5.43. The Hall–Kier alpha value is -0.620. The highest BCUT2D eigenvalue weighted by Crippen LogP contribution is 2.28. The Labute approximate surface area is 127 Å². The zero-order valence-electron chi connectivity index (χ0n) is 11.6. The van der Waals surface area contributed by atoms with Crippen LogP contribution in [0.25, 0.3) is 0 Å². The summed E-state index contributed by atoms with van der Waals surface area (Å²) in [6.07, 6.45) is 0.765. The number of ether oxygens (including phenoxy) is 2. The van der Waals surface area contributed by atoms with Gasteiger partial charge in [0, 0.05) is 19.6 Å². The van der Waals surface area contributed by atoms with E-state index in [0.717, 1.165) is 10.0 Å². The van der Waals surface area contributed by atoms with E-state index in [4.69, 9.17) is 9.47 Å². The van der Waals surface area contributed by atoms with E-state index in [1.165, 1.54) is 0 Å². The predicted molar refractivity (Wildman–Crippen MR) is 80.0 cm³/mol. The summed E-state index contributed by atoms with van der Waals surface area (Å²) >= 11 is 3.42. The fourth-order valence-corrected chi connectivity index (χ4v) is 2.72. The van der Waals surface area contributed by atoms with Gasteiger partial charge in [-0.25, -0.2) is 0 Å². The van der Waals surface area contributed by atoms with Crippen molar-refractivity contribution in [2.75, 3.05) is 19.8 Å². The molecular weight excluding hydrogens is 324 g/mol. The first kappa shape index (κ1) is 15.8. The van der Waals surface area contributed by atoms with Gasteiger partial charge in [0.15, 0.2) is 0 Å². The molecule has 1 saturated heterocycles. The zero-order valence-corrected chi connectivity index (χ0v) is 13.2. The van der Waals surface area contributed by atoms with Crippen LogP contribution in [-0.2, 0) is 4.74 Å². The third kappa shape index (κ3) is 4.45. The monoisotopic (exact) mass is 344 g/mol. The van der Waals surface area contributed by atoms with Crippen molar-refractivity contribution in [1.29, 1.82) is 0 Å². The molecule has 0 saturated carbocycles. The third-order valence-corrected chi connectivity index (χ3v) is 4.21. The van der Waals surface area contributed by atoms with E-state index in [1.54, 1.807) is 0 Å². The van der Waals surface area contributed by atoms with Gasteiger partial charge in [0.05, 0.1) is 16.2 Å². The number of aliphatic hydroxyl groups is 2. The Morgan fingerprint density at radius 3 is 2.80 bits per heavy atom. The maximum absolute atomic E-state index is 10.3. The van der Waals surface area contributed by atoms with E-state index in [-0.39, 0.29) is 6.61 Å². The molecule has 0 radical (unpaired) electrons. The maximum Gasteiger partial charge on any atom is 0.133 e. The molecule has 112 valence electrons. The van der Waals surface area contributed by atoms with E-state index in [9.17, 15) is 10.2 Å². The summed E-state index contributed by atoms with van der Waals surface area (Å²) in [6.45, 7) is 3.26. The van der Waals surface area contributed by atoms with Crippen LogP contribution in [0.1, 0.15) is 24.8 Å². The number of rotatable bonds is 5. The summed E-state index contributed by atoms with van der Waals surface area (Å²) in [4.78, 5) is 0. The second-order valence-electron chi connectivity index (χ2n) is 5.44. The first-order valence-corrected chi connectivity index (χ1v) is 7.65. The van der Waals surface area contributed by atoms with Crippen molar-refractivity contribution >= 4 is 15.9 Å². The van der Waals surface area contributed by atoms with Gasteiger partial charge in [-0.1, -0.05) is 6.07 Å². The maximum atomic E-state index is 10.3. The molecule has 0 bridgehead atoms. The van der Waals surface area contributed by atoms with Crippen molar-refractivity contribution in [3.05, 3.63) is 28.2 Å². The highest BCUT2D eigenvalue weighted by atomic mass is 79.9. The van der Waals surface area contributed by atoms with Crippen LogP contribution >= 0.6 is 15.9 Å². The molecule has 5 heteroatoms. The van der Waals surface area contributed by atoms with Crippen LogP contribution in [0.3, 0.4) is 0 Å². The lowest BCUT2D eigenvalue weighted by Crippen LogP contribution is -2.40. The molecule has 0 aliphatic carbocycles. The van der Waals surface area contributed by atoms with E-state index in [1.807, 2.05) is 25.1 Å². The molecular formula is C15H21BrO4. The van der Waals surface area contributed by atoms with Crippen LogP contribution < -0.4 is 4.74 Å². The molecule has 2 N–H and O–H groups in total. The van der Waals surface area contributed by atoms with Crippen molar-refractivity contribution in [2.45, 2.75) is 37.9 Å². The molecule has 0 spiro atoms. The topological polar surface area (TPSA) is 58.9 Å². The predicted octanol–water partition coefficient (Wildman–Crippen LogP) is 2.43. The lowest BCUT2D eigenvalue weighted by Gasteiger charge is -2.33. The SMILES string of the molecule is Cc1ccc(Br)c(OCC(O)CC2(O)CCOCC2)c1. The fraction of sp³-hybridized carbons (Fsp3) is 0.600. The summed E-state index contributed by atoms with van der Waals surface area (Å²) in [5, 5.41) is 20.4. The molecule has 1 fully saturated rings. The van der Waals surface area contributed by atoms with Crippen molar-refractivity contribution in [2.24, 2.45) is 0 Å². The smallest absolute Gasteiger partial charge is 0.133 e. The fourth-order valence-electron chi connectivity index (χ4n) is 2.36. The van der Waals surface area contributed by atoms with Crippen LogP contribution in [0.5, 0.6) is 5.75 Å². The Morgan fingerprint density at radius 1 is 1.40 bits per heavy atom. The molecule has 4 nitrogen and oxygen atoms in total. The molecule has 0 amide bonds. The van der Waals surface area contributed by atoms with Gasteiger partial charge in [-0.05, 0) is 53.4 Å². The number of halogens is 1. The van der Waals surface area contributed by atoms with Crippen LogP contribution in [0.2, 0.25) is 0 Å². The Balaban J connectivity index is 1.85. The van der Waals surface area contributed by atoms with E-state index in [0.29, 0.717) is 38.2 Å². The van der Waals surface area contributed by atoms with E-state index in [2.05, 4.69) is 15.9 Å². The number of hydrogen-bond acceptors (Lipinski definition) is 4.